The van der Waals surface area contributed by atoms with Crippen LogP contribution in [0.4, 0.5) is 0 Å². The van der Waals surface area contributed by atoms with Crippen LogP contribution >= 0.6 is 45.2 Å². The minimum absolute atomic E-state index is 0.315. The third kappa shape index (κ3) is 4.81. The lowest BCUT2D eigenvalue weighted by Gasteiger charge is -2.09. The van der Waals surface area contributed by atoms with Gasteiger partial charge < -0.3 is 4.74 Å². The van der Waals surface area contributed by atoms with Crippen LogP contribution in [0.1, 0.15) is 18.1 Å². The van der Waals surface area contributed by atoms with Gasteiger partial charge in [0.15, 0.2) is 0 Å². The van der Waals surface area contributed by atoms with Gasteiger partial charge in [0.1, 0.15) is 0 Å². The van der Waals surface area contributed by atoms with Gasteiger partial charge in [-0.2, -0.15) is 0 Å². The molecule has 0 N–H and O–H groups in total. The molecule has 2 nitrogen and oxygen atoms in total. The smallest absolute Gasteiger partial charge is 0.331 e. The molecule has 2 rings (SSSR count). The van der Waals surface area contributed by atoms with Crippen molar-refractivity contribution in [3.8, 4) is 0 Å². The lowest BCUT2D eigenvalue weighted by Crippen LogP contribution is -2.02. The van der Waals surface area contributed by atoms with Gasteiger partial charge >= 0.3 is 5.97 Å². The number of rotatable bonds is 4. The quantitative estimate of drug-likeness (QED) is 0.337. The van der Waals surface area contributed by atoms with Gasteiger partial charge in [0, 0.05) is 13.2 Å². The summed E-state index contributed by atoms with van der Waals surface area (Å²) in [5.41, 5.74) is 2.88. The first-order chi connectivity index (χ1) is 10.1. The first-order valence-corrected chi connectivity index (χ1v) is 8.66. The van der Waals surface area contributed by atoms with E-state index in [0.717, 1.165) is 23.8 Å². The van der Waals surface area contributed by atoms with Gasteiger partial charge in [0.05, 0.1) is 6.61 Å². The van der Waals surface area contributed by atoms with Crippen molar-refractivity contribution in [3.05, 3.63) is 72.9 Å². The molecule has 108 valence electrons. The van der Waals surface area contributed by atoms with E-state index in [1.54, 1.807) is 13.0 Å². The molecule has 0 fully saturated rings. The first kappa shape index (κ1) is 16.5. The highest BCUT2D eigenvalue weighted by atomic mass is 127. The summed E-state index contributed by atoms with van der Waals surface area (Å²) in [6.45, 7) is 2.18. The molecule has 0 atom stereocenters. The Bertz CT molecular complexity index is 596. The largest absolute Gasteiger partial charge is 0.463 e. The number of carbonyl (C=O) groups is 1. The summed E-state index contributed by atoms with van der Waals surface area (Å²) in [7, 11) is 0. The van der Waals surface area contributed by atoms with Crippen LogP contribution in [-0.2, 0) is 9.53 Å². The topological polar surface area (TPSA) is 26.3 Å². The van der Waals surface area contributed by atoms with Gasteiger partial charge in [-0.15, -0.1) is 0 Å². The number of esters is 1. The second-order valence-corrected chi connectivity index (χ2v) is 6.82. The molecule has 0 saturated carbocycles. The minimum Gasteiger partial charge on any atom is -0.463 e. The molecule has 0 aliphatic carbocycles. The molecule has 2 aromatic carbocycles. The third-order valence-corrected chi connectivity index (χ3v) is 4.30. The summed E-state index contributed by atoms with van der Waals surface area (Å²) in [6.07, 6.45) is 1.56. The zero-order valence-electron chi connectivity index (χ0n) is 11.5. The summed E-state index contributed by atoms with van der Waals surface area (Å²) in [5.74, 6) is -0.315. The van der Waals surface area contributed by atoms with E-state index in [2.05, 4.69) is 45.2 Å². The Balaban J connectivity index is 2.46. The molecule has 0 unspecified atom stereocenters. The molecule has 0 amide bonds. The first-order valence-electron chi connectivity index (χ1n) is 6.50. The molecule has 2 aromatic rings. The van der Waals surface area contributed by atoms with Crippen LogP contribution in [0.15, 0.2) is 54.6 Å². The molecule has 0 aliphatic heterocycles. The Hall–Kier alpha value is -0.890. The number of halogens is 2. The Labute approximate surface area is 151 Å². The average Bonchev–Trinajstić information content (AvgIpc) is 2.47. The molecule has 0 radical (unpaired) electrons. The maximum atomic E-state index is 11.8. The van der Waals surface area contributed by atoms with Crippen LogP contribution in [0.5, 0.6) is 0 Å². The molecular weight excluding hydrogens is 490 g/mol. The highest BCUT2D eigenvalue weighted by Gasteiger charge is 2.08. The summed E-state index contributed by atoms with van der Waals surface area (Å²) in [6, 6.07) is 16.2. The fourth-order valence-electron chi connectivity index (χ4n) is 1.89. The Morgan fingerprint density at radius 1 is 0.952 bits per heavy atom. The lowest BCUT2D eigenvalue weighted by molar-refractivity contribution is -0.137. The number of ether oxygens (including phenoxy) is 1. The van der Waals surface area contributed by atoms with Crippen LogP contribution in [-0.4, -0.2) is 12.6 Å². The molecule has 0 aliphatic rings. The van der Waals surface area contributed by atoms with Crippen molar-refractivity contribution >= 4 is 56.7 Å². The molecule has 4 heteroatoms. The van der Waals surface area contributed by atoms with Gasteiger partial charge in [-0.1, -0.05) is 24.3 Å². The van der Waals surface area contributed by atoms with Crippen LogP contribution < -0.4 is 0 Å². The van der Waals surface area contributed by atoms with Gasteiger partial charge in [-0.05, 0) is 93.1 Å². The van der Waals surface area contributed by atoms with Crippen LogP contribution in [0, 0.1) is 7.14 Å². The van der Waals surface area contributed by atoms with E-state index in [1.807, 2.05) is 48.5 Å². The van der Waals surface area contributed by atoms with Crippen molar-refractivity contribution in [2.75, 3.05) is 6.61 Å². The predicted octanol–water partition coefficient (Wildman–Crippen LogP) is 4.89. The second kappa shape index (κ2) is 7.93. The zero-order chi connectivity index (χ0) is 15.2. The normalized spacial score (nSPS) is 10.0. The number of hydrogen-bond acceptors (Lipinski definition) is 2. The standard InChI is InChI=1S/C17H14I2O2/c1-2-21-17(20)11-16(12-3-7-14(18)8-4-12)13-5-9-15(19)10-6-13/h3-11H,2H2,1H3. The fraction of sp³-hybridized carbons (Fsp3) is 0.118. The van der Waals surface area contributed by atoms with E-state index in [0.29, 0.717) is 6.61 Å². The molecule has 0 saturated heterocycles. The van der Waals surface area contributed by atoms with Crippen molar-refractivity contribution in [2.24, 2.45) is 0 Å². The van der Waals surface area contributed by atoms with Crippen molar-refractivity contribution in [2.45, 2.75) is 6.92 Å². The highest BCUT2D eigenvalue weighted by Crippen LogP contribution is 2.25. The summed E-state index contributed by atoms with van der Waals surface area (Å²) in [5, 5.41) is 0. The molecule has 0 bridgehead atoms. The van der Waals surface area contributed by atoms with E-state index in [-0.39, 0.29) is 5.97 Å². The number of hydrogen-bond donors (Lipinski definition) is 0. The van der Waals surface area contributed by atoms with E-state index < -0.39 is 0 Å². The fourth-order valence-corrected chi connectivity index (χ4v) is 2.61. The van der Waals surface area contributed by atoms with E-state index in [9.17, 15) is 4.79 Å². The monoisotopic (exact) mass is 504 g/mol. The number of benzene rings is 2. The Morgan fingerprint density at radius 3 is 1.76 bits per heavy atom. The van der Waals surface area contributed by atoms with Crippen molar-refractivity contribution in [1.29, 1.82) is 0 Å². The van der Waals surface area contributed by atoms with Crippen molar-refractivity contribution in [1.82, 2.24) is 0 Å². The summed E-state index contributed by atoms with van der Waals surface area (Å²) in [4.78, 5) is 11.8. The van der Waals surface area contributed by atoms with E-state index >= 15 is 0 Å². The van der Waals surface area contributed by atoms with Gasteiger partial charge in [-0.25, -0.2) is 4.79 Å². The van der Waals surface area contributed by atoms with Crippen molar-refractivity contribution < 1.29 is 9.53 Å². The van der Waals surface area contributed by atoms with Gasteiger partial charge in [-0.3, -0.25) is 0 Å². The van der Waals surface area contributed by atoms with Gasteiger partial charge in [0.2, 0.25) is 0 Å². The Kier molecular flexibility index (Phi) is 6.22. The molecular formula is C17H14I2O2. The summed E-state index contributed by atoms with van der Waals surface area (Å²) >= 11 is 4.53. The molecule has 0 heterocycles. The highest BCUT2D eigenvalue weighted by molar-refractivity contribution is 14.1. The van der Waals surface area contributed by atoms with Crippen LogP contribution in [0.3, 0.4) is 0 Å². The second-order valence-electron chi connectivity index (χ2n) is 4.32. The zero-order valence-corrected chi connectivity index (χ0v) is 15.8. The van der Waals surface area contributed by atoms with Gasteiger partial charge in [0.25, 0.3) is 0 Å². The SMILES string of the molecule is CCOC(=O)C=C(c1ccc(I)cc1)c1ccc(I)cc1. The third-order valence-electron chi connectivity index (χ3n) is 2.86. The molecule has 0 aromatic heterocycles. The van der Waals surface area contributed by atoms with Crippen LogP contribution in [0.2, 0.25) is 0 Å². The van der Waals surface area contributed by atoms with Crippen LogP contribution in [0.25, 0.3) is 5.57 Å². The number of carbonyl (C=O) groups excluding carboxylic acids is 1. The molecule has 21 heavy (non-hydrogen) atoms. The maximum Gasteiger partial charge on any atom is 0.331 e. The van der Waals surface area contributed by atoms with Crippen molar-refractivity contribution in [3.63, 3.8) is 0 Å². The molecule has 0 spiro atoms. The van der Waals surface area contributed by atoms with E-state index in [1.165, 1.54) is 0 Å². The summed E-state index contributed by atoms with van der Waals surface area (Å²) < 4.78 is 7.37. The predicted molar refractivity (Wildman–Crippen MR) is 102 cm³/mol. The minimum atomic E-state index is -0.315. The lowest BCUT2D eigenvalue weighted by atomic mass is 9.98. The maximum absolute atomic E-state index is 11.8. The Morgan fingerprint density at radius 2 is 1.38 bits per heavy atom. The van der Waals surface area contributed by atoms with E-state index in [4.69, 9.17) is 4.74 Å². The average molecular weight is 504 g/mol.